The van der Waals surface area contributed by atoms with Crippen molar-refractivity contribution in [2.75, 3.05) is 6.54 Å². The third kappa shape index (κ3) is 2.82. The summed E-state index contributed by atoms with van der Waals surface area (Å²) >= 11 is 0. The van der Waals surface area contributed by atoms with Gasteiger partial charge in [0.15, 0.2) is 0 Å². The third-order valence-corrected chi connectivity index (χ3v) is 6.24. The number of nitrogens with zero attached hydrogens (tertiary/aromatic N) is 3. The van der Waals surface area contributed by atoms with Crippen LogP contribution in [0.5, 0.6) is 0 Å². The zero-order valence-electron chi connectivity index (χ0n) is 12.9. The maximum atomic E-state index is 13.1. The van der Waals surface area contributed by atoms with Crippen LogP contribution in [0.4, 0.5) is 13.2 Å². The molecule has 0 radical (unpaired) electrons. The average molecular weight is 359 g/mol. The Morgan fingerprint density at radius 3 is 2.50 bits per heavy atom. The first-order valence-corrected chi connectivity index (χ1v) is 8.86. The molecule has 0 amide bonds. The van der Waals surface area contributed by atoms with Gasteiger partial charge in [-0.05, 0) is 37.5 Å². The van der Waals surface area contributed by atoms with E-state index in [1.165, 1.54) is 23.4 Å². The first-order valence-electron chi connectivity index (χ1n) is 7.42. The molecular formula is C15H16F3N3O2S. The lowest BCUT2D eigenvalue weighted by molar-refractivity contribution is 0.0541. The Labute approximate surface area is 137 Å². The van der Waals surface area contributed by atoms with E-state index in [2.05, 4.69) is 5.10 Å². The van der Waals surface area contributed by atoms with E-state index in [1.54, 1.807) is 12.1 Å². The lowest BCUT2D eigenvalue weighted by Crippen LogP contribution is -2.31. The highest BCUT2D eigenvalue weighted by molar-refractivity contribution is 7.89. The number of sulfonamides is 1. The number of aromatic nitrogens is 2. The fourth-order valence-corrected chi connectivity index (χ4v) is 4.86. The summed E-state index contributed by atoms with van der Waals surface area (Å²) in [6.07, 6.45) is 2.19. The van der Waals surface area contributed by atoms with Crippen LogP contribution in [0.2, 0.25) is 0 Å². The molecule has 9 heteroatoms. The molecule has 130 valence electrons. The SMILES string of the molecule is Cc1c(S(=O)(=O)N2CCC[C@H]2c2ccc(F)cc2)cnn1C(F)F. The van der Waals surface area contributed by atoms with Crippen molar-refractivity contribution in [3.8, 4) is 0 Å². The molecule has 0 spiro atoms. The van der Waals surface area contributed by atoms with Gasteiger partial charge in [-0.15, -0.1) is 0 Å². The fraction of sp³-hybridized carbons (Fsp3) is 0.400. The molecular weight excluding hydrogens is 343 g/mol. The molecule has 24 heavy (non-hydrogen) atoms. The molecule has 1 aromatic heterocycles. The number of hydrogen-bond acceptors (Lipinski definition) is 3. The molecule has 0 unspecified atom stereocenters. The van der Waals surface area contributed by atoms with Gasteiger partial charge in [-0.3, -0.25) is 0 Å². The van der Waals surface area contributed by atoms with E-state index in [1.807, 2.05) is 0 Å². The van der Waals surface area contributed by atoms with Gasteiger partial charge in [0.1, 0.15) is 10.7 Å². The minimum absolute atomic E-state index is 0.102. The Morgan fingerprint density at radius 1 is 1.25 bits per heavy atom. The normalized spacial score (nSPS) is 19.3. The van der Waals surface area contributed by atoms with Crippen molar-refractivity contribution in [3.63, 3.8) is 0 Å². The Morgan fingerprint density at radius 2 is 1.92 bits per heavy atom. The van der Waals surface area contributed by atoms with Crippen LogP contribution in [-0.4, -0.2) is 29.0 Å². The van der Waals surface area contributed by atoms with E-state index < -0.39 is 28.4 Å². The summed E-state index contributed by atoms with van der Waals surface area (Å²) in [4.78, 5) is -0.225. The minimum atomic E-state index is -3.97. The van der Waals surface area contributed by atoms with Crippen molar-refractivity contribution in [2.45, 2.75) is 37.3 Å². The van der Waals surface area contributed by atoms with Crippen LogP contribution >= 0.6 is 0 Å². The lowest BCUT2D eigenvalue weighted by Gasteiger charge is -2.24. The van der Waals surface area contributed by atoms with Crippen molar-refractivity contribution in [3.05, 3.63) is 47.5 Å². The Hall–Kier alpha value is -1.87. The largest absolute Gasteiger partial charge is 0.333 e. The van der Waals surface area contributed by atoms with Crippen molar-refractivity contribution in [1.82, 2.24) is 14.1 Å². The maximum Gasteiger partial charge on any atom is 0.333 e. The van der Waals surface area contributed by atoms with Crippen LogP contribution in [0, 0.1) is 12.7 Å². The molecule has 5 nitrogen and oxygen atoms in total. The average Bonchev–Trinajstić information content (AvgIpc) is 3.15. The van der Waals surface area contributed by atoms with E-state index in [0.717, 1.165) is 6.20 Å². The molecule has 1 aliphatic rings. The summed E-state index contributed by atoms with van der Waals surface area (Å²) in [7, 11) is -3.97. The van der Waals surface area contributed by atoms with E-state index in [9.17, 15) is 21.6 Å². The number of hydrogen-bond donors (Lipinski definition) is 0. The minimum Gasteiger partial charge on any atom is -0.207 e. The predicted octanol–water partition coefficient (Wildman–Crippen LogP) is 3.25. The second kappa shape index (κ2) is 6.21. The van der Waals surface area contributed by atoms with Gasteiger partial charge in [0, 0.05) is 6.54 Å². The fourth-order valence-electron chi connectivity index (χ4n) is 3.03. The zero-order valence-corrected chi connectivity index (χ0v) is 13.7. The third-order valence-electron chi connectivity index (χ3n) is 4.23. The topological polar surface area (TPSA) is 55.2 Å². The van der Waals surface area contributed by atoms with Crippen LogP contribution in [0.15, 0.2) is 35.4 Å². The van der Waals surface area contributed by atoms with Crippen molar-refractivity contribution < 1.29 is 21.6 Å². The molecule has 3 rings (SSSR count). The Kier molecular flexibility index (Phi) is 4.39. The van der Waals surface area contributed by atoms with Gasteiger partial charge in [0.2, 0.25) is 10.0 Å². The van der Waals surface area contributed by atoms with Gasteiger partial charge in [0.25, 0.3) is 0 Å². The summed E-state index contributed by atoms with van der Waals surface area (Å²) in [5.41, 5.74) is 0.575. The summed E-state index contributed by atoms with van der Waals surface area (Å²) in [6, 6.07) is 5.20. The lowest BCUT2D eigenvalue weighted by atomic mass is 10.1. The van der Waals surface area contributed by atoms with Gasteiger partial charge in [0.05, 0.1) is 17.9 Å². The standard InChI is InChI=1S/C15H16F3N3O2S/c1-10-14(9-19-21(10)15(17)18)24(22,23)20-8-2-3-13(20)11-4-6-12(16)7-5-11/h4-7,9,13,15H,2-3,8H2,1H3/t13-/m0/s1. The van der Waals surface area contributed by atoms with Crippen molar-refractivity contribution in [1.29, 1.82) is 0 Å². The molecule has 1 atom stereocenters. The summed E-state index contributed by atoms with van der Waals surface area (Å²) in [5.74, 6) is -0.403. The van der Waals surface area contributed by atoms with Gasteiger partial charge >= 0.3 is 6.55 Å². The van der Waals surface area contributed by atoms with E-state index in [-0.39, 0.29) is 17.1 Å². The monoisotopic (exact) mass is 359 g/mol. The molecule has 0 bridgehead atoms. The first-order chi connectivity index (χ1) is 11.3. The number of rotatable bonds is 4. The highest BCUT2D eigenvalue weighted by atomic mass is 32.2. The smallest absolute Gasteiger partial charge is 0.207 e. The Balaban J connectivity index is 1.98. The van der Waals surface area contributed by atoms with Crippen molar-refractivity contribution in [2.24, 2.45) is 0 Å². The van der Waals surface area contributed by atoms with Crippen LogP contribution in [0.3, 0.4) is 0 Å². The van der Waals surface area contributed by atoms with Crippen molar-refractivity contribution >= 4 is 10.0 Å². The molecule has 1 saturated heterocycles. The zero-order chi connectivity index (χ0) is 17.5. The number of alkyl halides is 2. The molecule has 2 aromatic rings. The second-order valence-electron chi connectivity index (χ2n) is 5.64. The van der Waals surface area contributed by atoms with Gasteiger partial charge in [-0.1, -0.05) is 12.1 Å². The highest BCUT2D eigenvalue weighted by Gasteiger charge is 2.38. The molecule has 0 aliphatic carbocycles. The quantitative estimate of drug-likeness (QED) is 0.842. The predicted molar refractivity (Wildman–Crippen MR) is 80.5 cm³/mol. The summed E-state index contributed by atoms with van der Waals surface area (Å²) in [5, 5.41) is 3.47. The van der Waals surface area contributed by atoms with Crippen LogP contribution in [-0.2, 0) is 10.0 Å². The Bertz CT molecular complexity index is 834. The van der Waals surface area contributed by atoms with Crippen LogP contribution < -0.4 is 0 Å². The second-order valence-corrected chi connectivity index (χ2v) is 7.50. The summed E-state index contributed by atoms with van der Waals surface area (Å²) in [6.45, 7) is -1.32. The highest BCUT2D eigenvalue weighted by Crippen LogP contribution is 2.37. The van der Waals surface area contributed by atoms with E-state index >= 15 is 0 Å². The molecule has 1 aliphatic heterocycles. The van der Waals surface area contributed by atoms with Crippen LogP contribution in [0.1, 0.15) is 36.7 Å². The molecule has 0 saturated carbocycles. The van der Waals surface area contributed by atoms with Gasteiger partial charge in [-0.25, -0.2) is 17.5 Å². The van der Waals surface area contributed by atoms with Gasteiger partial charge < -0.3 is 0 Å². The van der Waals surface area contributed by atoms with Crippen LogP contribution in [0.25, 0.3) is 0 Å². The molecule has 2 heterocycles. The molecule has 1 fully saturated rings. The number of benzene rings is 1. The molecule has 0 N–H and O–H groups in total. The van der Waals surface area contributed by atoms with E-state index in [0.29, 0.717) is 23.1 Å². The number of halogens is 3. The summed E-state index contributed by atoms with van der Waals surface area (Å²) < 4.78 is 66.2. The van der Waals surface area contributed by atoms with E-state index in [4.69, 9.17) is 0 Å². The first kappa shape index (κ1) is 17.0. The molecule has 1 aromatic carbocycles. The maximum absolute atomic E-state index is 13.1. The van der Waals surface area contributed by atoms with Gasteiger partial charge in [-0.2, -0.15) is 18.2 Å².